The number of hydrogen-bond acceptors (Lipinski definition) is 3. The first-order valence-electron chi connectivity index (χ1n) is 9.16. The van der Waals surface area contributed by atoms with Gasteiger partial charge in [-0.2, -0.15) is 0 Å². The summed E-state index contributed by atoms with van der Waals surface area (Å²) in [5.41, 5.74) is 1.62. The zero-order chi connectivity index (χ0) is 20.5. The number of benzene rings is 2. The van der Waals surface area contributed by atoms with Gasteiger partial charge in [0.05, 0.1) is 6.54 Å². The molecule has 0 amide bonds. The van der Waals surface area contributed by atoms with E-state index in [2.05, 4.69) is 15.6 Å². The van der Waals surface area contributed by atoms with Gasteiger partial charge in [-0.3, -0.25) is 4.99 Å². The Labute approximate surface area is 188 Å². The fourth-order valence-corrected chi connectivity index (χ4v) is 2.66. The van der Waals surface area contributed by atoms with Crippen LogP contribution in [0.2, 0.25) is 0 Å². The van der Waals surface area contributed by atoms with Gasteiger partial charge >= 0.3 is 0 Å². The second-order valence-corrected chi connectivity index (χ2v) is 6.86. The molecule has 29 heavy (non-hydrogen) atoms. The van der Waals surface area contributed by atoms with Crippen molar-refractivity contribution in [1.82, 2.24) is 15.5 Å². The van der Waals surface area contributed by atoms with Crippen LogP contribution in [0.4, 0.5) is 8.78 Å². The highest BCUT2D eigenvalue weighted by Gasteiger charge is 2.08. The van der Waals surface area contributed by atoms with Crippen molar-refractivity contribution in [3.05, 3.63) is 65.2 Å². The Hall–Kier alpha value is -1.94. The number of rotatable bonds is 8. The van der Waals surface area contributed by atoms with Crippen LogP contribution >= 0.6 is 24.0 Å². The van der Waals surface area contributed by atoms with E-state index in [0.29, 0.717) is 36.9 Å². The van der Waals surface area contributed by atoms with Gasteiger partial charge in [-0.15, -0.1) is 24.0 Å². The lowest BCUT2D eigenvalue weighted by atomic mass is 10.1. The molecule has 1 atom stereocenters. The van der Waals surface area contributed by atoms with E-state index in [1.54, 1.807) is 25.2 Å². The Balaban J connectivity index is 0.00000420. The number of halogens is 3. The summed E-state index contributed by atoms with van der Waals surface area (Å²) >= 11 is 0. The molecule has 0 fully saturated rings. The number of nitrogens with one attached hydrogen (secondary N) is 2. The topological polar surface area (TPSA) is 48.9 Å². The molecular formula is C21H29F2IN4O. The molecule has 0 aliphatic heterocycles. The van der Waals surface area contributed by atoms with E-state index in [1.165, 1.54) is 18.2 Å². The highest BCUT2D eigenvalue weighted by Crippen LogP contribution is 2.14. The van der Waals surface area contributed by atoms with Crippen molar-refractivity contribution in [2.45, 2.75) is 26.1 Å². The van der Waals surface area contributed by atoms with Crippen LogP contribution in [-0.2, 0) is 13.1 Å². The molecule has 160 valence electrons. The quantitative estimate of drug-likeness (QED) is 0.318. The monoisotopic (exact) mass is 518 g/mol. The minimum Gasteiger partial charge on any atom is -0.489 e. The summed E-state index contributed by atoms with van der Waals surface area (Å²) in [4.78, 5) is 6.11. The van der Waals surface area contributed by atoms with Gasteiger partial charge in [0.1, 0.15) is 23.5 Å². The molecule has 0 spiro atoms. The van der Waals surface area contributed by atoms with E-state index in [9.17, 15) is 8.78 Å². The molecule has 0 saturated carbocycles. The lowest BCUT2D eigenvalue weighted by Gasteiger charge is -2.18. The Kier molecular flexibility index (Phi) is 10.9. The molecule has 0 aromatic heterocycles. The molecule has 2 aromatic rings. The Morgan fingerprint density at radius 1 is 1.14 bits per heavy atom. The predicted octanol–water partition coefficient (Wildman–Crippen LogP) is 3.78. The SMILES string of the molecule is CN=C(NCc1ccc(F)c(CN(C)C)c1)NCC(C)Oc1cccc(F)c1.I. The van der Waals surface area contributed by atoms with Crippen LogP contribution in [0.25, 0.3) is 0 Å². The fraction of sp³-hybridized carbons (Fsp3) is 0.381. The van der Waals surface area contributed by atoms with E-state index in [1.807, 2.05) is 32.0 Å². The van der Waals surface area contributed by atoms with Gasteiger partial charge in [0.15, 0.2) is 5.96 Å². The molecule has 0 radical (unpaired) electrons. The molecule has 2 rings (SSSR count). The van der Waals surface area contributed by atoms with Crippen molar-refractivity contribution in [2.75, 3.05) is 27.7 Å². The summed E-state index contributed by atoms with van der Waals surface area (Å²) in [5, 5.41) is 6.37. The molecule has 0 heterocycles. The van der Waals surface area contributed by atoms with Crippen LogP contribution in [0, 0.1) is 11.6 Å². The first kappa shape index (κ1) is 25.1. The third-order valence-electron chi connectivity index (χ3n) is 3.97. The van der Waals surface area contributed by atoms with Crippen molar-refractivity contribution in [3.63, 3.8) is 0 Å². The van der Waals surface area contributed by atoms with Crippen molar-refractivity contribution in [1.29, 1.82) is 0 Å². The molecule has 1 unspecified atom stereocenters. The zero-order valence-corrected chi connectivity index (χ0v) is 19.5. The molecule has 0 aliphatic carbocycles. The fourth-order valence-electron chi connectivity index (χ4n) is 2.66. The number of guanidine groups is 1. The van der Waals surface area contributed by atoms with Crippen molar-refractivity contribution in [2.24, 2.45) is 4.99 Å². The second kappa shape index (κ2) is 12.6. The second-order valence-electron chi connectivity index (χ2n) is 6.86. The van der Waals surface area contributed by atoms with Gasteiger partial charge in [-0.25, -0.2) is 8.78 Å². The van der Waals surface area contributed by atoms with Crippen LogP contribution in [-0.4, -0.2) is 44.7 Å². The molecule has 0 aliphatic rings. The summed E-state index contributed by atoms with van der Waals surface area (Å²) in [6, 6.07) is 11.1. The normalized spacial score (nSPS) is 12.3. The summed E-state index contributed by atoms with van der Waals surface area (Å²) in [7, 11) is 5.49. The van der Waals surface area contributed by atoms with Gasteiger partial charge in [-0.1, -0.05) is 12.1 Å². The van der Waals surface area contributed by atoms with Crippen LogP contribution in [0.15, 0.2) is 47.5 Å². The summed E-state index contributed by atoms with van der Waals surface area (Å²) < 4.78 is 32.8. The number of nitrogens with zero attached hydrogens (tertiary/aromatic N) is 2. The van der Waals surface area contributed by atoms with Crippen molar-refractivity contribution in [3.8, 4) is 5.75 Å². The van der Waals surface area contributed by atoms with Crippen LogP contribution in [0.3, 0.4) is 0 Å². The number of aliphatic imine (C=N–C) groups is 1. The first-order valence-corrected chi connectivity index (χ1v) is 9.16. The molecule has 5 nitrogen and oxygen atoms in total. The lowest BCUT2D eigenvalue weighted by molar-refractivity contribution is 0.223. The lowest BCUT2D eigenvalue weighted by Crippen LogP contribution is -2.41. The average Bonchev–Trinajstić information content (AvgIpc) is 2.64. The van der Waals surface area contributed by atoms with E-state index < -0.39 is 0 Å². The summed E-state index contributed by atoms with van der Waals surface area (Å²) in [6.07, 6.45) is -0.183. The number of ether oxygens (including phenoxy) is 1. The van der Waals surface area contributed by atoms with Crippen LogP contribution in [0.5, 0.6) is 5.75 Å². The molecular weight excluding hydrogens is 489 g/mol. The summed E-state index contributed by atoms with van der Waals surface area (Å²) in [6.45, 7) is 3.44. The zero-order valence-electron chi connectivity index (χ0n) is 17.2. The van der Waals surface area contributed by atoms with Gasteiger partial charge < -0.3 is 20.3 Å². The molecule has 0 bridgehead atoms. The molecule has 0 saturated heterocycles. The largest absolute Gasteiger partial charge is 0.489 e. The van der Waals surface area contributed by atoms with E-state index >= 15 is 0 Å². The minimum atomic E-state index is -0.330. The van der Waals surface area contributed by atoms with E-state index in [-0.39, 0.29) is 41.7 Å². The Bertz CT molecular complexity index is 802. The van der Waals surface area contributed by atoms with Crippen LogP contribution < -0.4 is 15.4 Å². The Morgan fingerprint density at radius 3 is 2.55 bits per heavy atom. The Morgan fingerprint density at radius 2 is 1.90 bits per heavy atom. The average molecular weight is 518 g/mol. The van der Waals surface area contributed by atoms with Crippen LogP contribution in [0.1, 0.15) is 18.1 Å². The first-order chi connectivity index (χ1) is 13.4. The molecule has 2 aromatic carbocycles. The van der Waals surface area contributed by atoms with E-state index in [0.717, 1.165) is 5.56 Å². The maximum atomic E-state index is 13.9. The highest BCUT2D eigenvalue weighted by molar-refractivity contribution is 14.0. The maximum Gasteiger partial charge on any atom is 0.191 e. The van der Waals surface area contributed by atoms with Crippen molar-refractivity contribution < 1.29 is 13.5 Å². The smallest absolute Gasteiger partial charge is 0.191 e. The van der Waals surface area contributed by atoms with Gasteiger partial charge in [-0.05, 0) is 50.8 Å². The number of hydrogen-bond donors (Lipinski definition) is 2. The predicted molar refractivity (Wildman–Crippen MR) is 124 cm³/mol. The van der Waals surface area contributed by atoms with Gasteiger partial charge in [0.2, 0.25) is 0 Å². The third kappa shape index (κ3) is 8.95. The standard InChI is InChI=1S/C21H28F2N4O.HI/c1-15(28-19-7-5-6-18(22)11-19)12-25-21(24-2)26-13-16-8-9-20(23)17(10-16)14-27(3)4;/h5-11,15H,12-14H2,1-4H3,(H2,24,25,26);1H. The molecule has 2 N–H and O–H groups in total. The maximum absolute atomic E-state index is 13.9. The van der Waals surface area contributed by atoms with Gasteiger partial charge in [0, 0.05) is 31.8 Å². The minimum absolute atomic E-state index is 0. The summed E-state index contributed by atoms with van der Waals surface area (Å²) in [5.74, 6) is 0.552. The molecule has 8 heteroatoms. The third-order valence-corrected chi connectivity index (χ3v) is 3.97. The van der Waals surface area contributed by atoms with Gasteiger partial charge in [0.25, 0.3) is 0 Å². The highest BCUT2D eigenvalue weighted by atomic mass is 127. The van der Waals surface area contributed by atoms with E-state index in [4.69, 9.17) is 4.74 Å². The van der Waals surface area contributed by atoms with Crippen molar-refractivity contribution >= 4 is 29.9 Å².